The average Bonchev–Trinajstić information content (AvgIpc) is 3.51. The van der Waals surface area contributed by atoms with E-state index < -0.39 is 55.9 Å². The van der Waals surface area contributed by atoms with Gasteiger partial charge in [0.1, 0.15) is 10.6 Å². The Morgan fingerprint density at radius 1 is 0.870 bits per heavy atom. The van der Waals surface area contributed by atoms with Gasteiger partial charge in [-0.1, -0.05) is 18.2 Å². The molecule has 2 aromatic carbocycles. The van der Waals surface area contributed by atoms with Gasteiger partial charge in [-0.2, -0.15) is 26.3 Å². The number of carbonyl (C=O) groups excluding carboxylic acids is 2. The molecule has 5 atom stereocenters. The lowest BCUT2D eigenvalue weighted by molar-refractivity contribution is -0.348. The molecular formula is C31H30F8N2O4S. The Balaban J connectivity index is 1.45. The van der Waals surface area contributed by atoms with Crippen molar-refractivity contribution in [2.75, 3.05) is 6.54 Å². The molecule has 6 nitrogen and oxygen atoms in total. The Morgan fingerprint density at radius 2 is 1.46 bits per heavy atom. The van der Waals surface area contributed by atoms with Gasteiger partial charge in [0.2, 0.25) is 11.8 Å². The van der Waals surface area contributed by atoms with E-state index in [1.165, 1.54) is 11.8 Å². The van der Waals surface area contributed by atoms with E-state index in [0.29, 0.717) is 25.0 Å². The molecule has 0 saturated carbocycles. The molecule has 1 aliphatic carbocycles. The van der Waals surface area contributed by atoms with E-state index in [4.69, 9.17) is 0 Å². The van der Waals surface area contributed by atoms with Gasteiger partial charge in [0.25, 0.3) is 0 Å². The van der Waals surface area contributed by atoms with Crippen molar-refractivity contribution in [2.24, 2.45) is 5.92 Å². The van der Waals surface area contributed by atoms with Crippen LogP contribution in [0.4, 0.5) is 35.1 Å². The lowest BCUT2D eigenvalue weighted by Gasteiger charge is -2.44. The van der Waals surface area contributed by atoms with E-state index >= 15 is 4.39 Å². The summed E-state index contributed by atoms with van der Waals surface area (Å²) < 4.78 is 137. The number of likely N-dealkylation sites (tertiary alicyclic amines) is 1. The maximum atomic E-state index is 15.0. The molecular weight excluding hydrogens is 648 g/mol. The van der Waals surface area contributed by atoms with E-state index in [2.05, 4.69) is 0 Å². The van der Waals surface area contributed by atoms with Crippen molar-refractivity contribution in [2.45, 2.75) is 97.7 Å². The molecule has 15 heteroatoms. The molecule has 6 rings (SSSR count). The minimum atomic E-state index is -6.36. The van der Waals surface area contributed by atoms with Crippen LogP contribution in [0.15, 0.2) is 47.4 Å². The molecule has 46 heavy (non-hydrogen) atoms. The minimum absolute atomic E-state index is 0.0779. The SMILES string of the molecule is CC(=O)N1[C@@H]2CC[C@H]1C[C@H](C(=O)N1CC[C@@]3(S(=O)(=O)c4ccc(F)cc4)c4ccc(C(F)(C(F)(F)F)C(F)(F)F)cc4CC[C@@H]13)C2. The number of amides is 2. The Morgan fingerprint density at radius 3 is 2.00 bits per heavy atom. The van der Waals surface area contributed by atoms with Crippen LogP contribution >= 0.6 is 0 Å². The van der Waals surface area contributed by atoms with Crippen LogP contribution < -0.4 is 0 Å². The van der Waals surface area contributed by atoms with Crippen molar-refractivity contribution in [3.8, 4) is 0 Å². The standard InChI is InChI=1S/C31H30F8N2O4S/c1-17(42)41-22-6-7-23(41)16-19(15-22)27(43)40-13-12-28(46(44,45)24-8-4-21(32)5-9-24)25-10-3-20(14-18(25)2-11-26(28)40)29(33,30(34,35)36)31(37,38)39/h3-5,8-10,14,19,22-23,26H,2,6-7,11-13,15-16H2,1H3/t19-,22-,23+,26-,28-/m1/s1. The summed E-state index contributed by atoms with van der Waals surface area (Å²) in [6.45, 7) is 1.38. The number of aryl methyl sites for hydroxylation is 1. The van der Waals surface area contributed by atoms with E-state index in [1.54, 1.807) is 4.90 Å². The van der Waals surface area contributed by atoms with Gasteiger partial charge in [-0.3, -0.25) is 9.59 Å². The first-order valence-electron chi connectivity index (χ1n) is 14.9. The molecule has 2 aromatic rings. The van der Waals surface area contributed by atoms with Gasteiger partial charge in [-0.05, 0) is 80.3 Å². The van der Waals surface area contributed by atoms with Gasteiger partial charge in [0, 0.05) is 37.0 Å². The highest BCUT2D eigenvalue weighted by molar-refractivity contribution is 7.92. The zero-order valence-electron chi connectivity index (χ0n) is 24.5. The topological polar surface area (TPSA) is 74.8 Å². The molecule has 3 aliphatic heterocycles. The van der Waals surface area contributed by atoms with Gasteiger partial charge >= 0.3 is 18.0 Å². The van der Waals surface area contributed by atoms with Crippen LogP contribution in [-0.4, -0.2) is 67.1 Å². The molecule has 3 heterocycles. The number of halogens is 8. The summed E-state index contributed by atoms with van der Waals surface area (Å²) in [6, 6.07) is 4.02. The quantitative estimate of drug-likeness (QED) is 0.289. The third-order valence-electron chi connectivity index (χ3n) is 10.4. The highest BCUT2D eigenvalue weighted by Gasteiger charge is 2.74. The highest BCUT2D eigenvalue weighted by atomic mass is 32.2. The molecule has 250 valence electrons. The molecule has 4 aliphatic rings. The Kier molecular flexibility index (Phi) is 7.57. The normalized spacial score (nSPS) is 28.2. The molecule has 0 radical (unpaired) electrons. The largest absolute Gasteiger partial charge is 0.435 e. The second kappa shape index (κ2) is 10.6. The number of fused-ring (bicyclic) bond motifs is 5. The van der Waals surface area contributed by atoms with Crippen LogP contribution in [0.3, 0.4) is 0 Å². The molecule has 0 spiro atoms. The third kappa shape index (κ3) is 4.57. The first kappa shape index (κ1) is 32.7. The summed E-state index contributed by atoms with van der Waals surface area (Å²) in [6.07, 6.45) is -11.1. The summed E-state index contributed by atoms with van der Waals surface area (Å²) in [7, 11) is -4.57. The molecule has 2 amide bonds. The summed E-state index contributed by atoms with van der Waals surface area (Å²) in [5, 5.41) is 0. The van der Waals surface area contributed by atoms with Crippen LogP contribution in [0.2, 0.25) is 0 Å². The predicted molar refractivity (Wildman–Crippen MR) is 147 cm³/mol. The fourth-order valence-electron chi connectivity index (χ4n) is 8.45. The van der Waals surface area contributed by atoms with Gasteiger partial charge in [-0.25, -0.2) is 17.2 Å². The number of benzene rings is 2. The van der Waals surface area contributed by atoms with Crippen molar-refractivity contribution in [1.29, 1.82) is 0 Å². The van der Waals surface area contributed by atoms with Crippen molar-refractivity contribution < 1.29 is 53.1 Å². The smallest absolute Gasteiger partial charge is 0.337 e. The lowest BCUT2D eigenvalue weighted by atomic mass is 9.76. The number of alkyl halides is 7. The summed E-state index contributed by atoms with van der Waals surface area (Å²) in [4.78, 5) is 29.2. The van der Waals surface area contributed by atoms with Crippen molar-refractivity contribution in [1.82, 2.24) is 9.80 Å². The third-order valence-corrected chi connectivity index (χ3v) is 12.9. The zero-order valence-corrected chi connectivity index (χ0v) is 25.3. The highest BCUT2D eigenvalue weighted by Crippen LogP contribution is 2.57. The van der Waals surface area contributed by atoms with E-state index in [0.717, 1.165) is 43.2 Å². The van der Waals surface area contributed by atoms with Crippen molar-refractivity contribution in [3.63, 3.8) is 0 Å². The van der Waals surface area contributed by atoms with Crippen LogP contribution in [0, 0.1) is 11.7 Å². The molecule has 2 bridgehead atoms. The van der Waals surface area contributed by atoms with Crippen LogP contribution in [0.1, 0.15) is 62.1 Å². The van der Waals surface area contributed by atoms with Gasteiger partial charge < -0.3 is 9.80 Å². The first-order valence-corrected chi connectivity index (χ1v) is 16.4. The maximum absolute atomic E-state index is 15.0. The molecule has 3 saturated heterocycles. The number of carbonyl (C=O) groups is 2. The number of sulfone groups is 1. The first-order chi connectivity index (χ1) is 21.3. The average molecular weight is 679 g/mol. The maximum Gasteiger partial charge on any atom is 0.435 e. The zero-order chi connectivity index (χ0) is 33.6. The summed E-state index contributed by atoms with van der Waals surface area (Å²) in [5.74, 6) is -1.69. The van der Waals surface area contributed by atoms with Gasteiger partial charge in [0.15, 0.2) is 9.84 Å². The van der Waals surface area contributed by atoms with Crippen molar-refractivity contribution >= 4 is 21.7 Å². The Labute approximate surface area is 259 Å². The summed E-state index contributed by atoms with van der Waals surface area (Å²) >= 11 is 0. The second-order valence-corrected chi connectivity index (χ2v) is 14.9. The molecule has 3 fully saturated rings. The predicted octanol–water partition coefficient (Wildman–Crippen LogP) is 6.12. The molecule has 0 aromatic heterocycles. The lowest BCUT2D eigenvalue weighted by Crippen LogP contribution is -2.55. The van der Waals surface area contributed by atoms with E-state index in [-0.39, 0.29) is 65.7 Å². The number of rotatable bonds is 4. The number of piperidine rings is 1. The van der Waals surface area contributed by atoms with E-state index in [1.807, 2.05) is 0 Å². The van der Waals surface area contributed by atoms with Gasteiger partial charge in [-0.15, -0.1) is 0 Å². The second-order valence-electron chi connectivity index (χ2n) is 12.7. The number of nitrogens with zero attached hydrogens (tertiary/aromatic N) is 2. The van der Waals surface area contributed by atoms with Crippen LogP contribution in [0.5, 0.6) is 0 Å². The number of hydrogen-bond acceptors (Lipinski definition) is 4. The minimum Gasteiger partial charge on any atom is -0.337 e. The van der Waals surface area contributed by atoms with E-state index in [9.17, 15) is 48.7 Å². The van der Waals surface area contributed by atoms with Crippen LogP contribution in [-0.2, 0) is 36.3 Å². The summed E-state index contributed by atoms with van der Waals surface area (Å²) in [5.41, 5.74) is -7.76. The Hall–Kier alpha value is -3.23. The fraction of sp³-hybridized carbons (Fsp3) is 0.548. The van der Waals surface area contributed by atoms with Crippen LogP contribution in [0.25, 0.3) is 0 Å². The van der Waals surface area contributed by atoms with Crippen molar-refractivity contribution in [3.05, 3.63) is 65.0 Å². The molecule has 0 N–H and O–H groups in total. The van der Waals surface area contributed by atoms with Gasteiger partial charge in [0.05, 0.1) is 10.9 Å². The fourth-order valence-corrected chi connectivity index (χ4v) is 10.8. The Bertz CT molecular complexity index is 1650. The number of hydrogen-bond donors (Lipinski definition) is 0. The monoisotopic (exact) mass is 678 g/mol. The molecule has 0 unspecified atom stereocenters.